The van der Waals surface area contributed by atoms with Crippen LogP contribution in [-0.4, -0.2) is 24.5 Å². The van der Waals surface area contributed by atoms with Crippen LogP contribution in [0.5, 0.6) is 0 Å². The summed E-state index contributed by atoms with van der Waals surface area (Å²) in [4.78, 5) is 11.5. The van der Waals surface area contributed by atoms with E-state index in [-0.39, 0.29) is 18.0 Å². The van der Waals surface area contributed by atoms with Crippen molar-refractivity contribution >= 4 is 5.91 Å². The first-order valence-electron chi connectivity index (χ1n) is 5.97. The fraction of sp³-hybridized carbons (Fsp3) is 0.917. The molecule has 0 aromatic carbocycles. The molecular formula is C12H26N2O. The average Bonchev–Trinajstić information content (AvgIpc) is 2.10. The summed E-state index contributed by atoms with van der Waals surface area (Å²) >= 11 is 0. The van der Waals surface area contributed by atoms with E-state index in [4.69, 9.17) is 0 Å². The van der Waals surface area contributed by atoms with Crippen LogP contribution in [0.15, 0.2) is 0 Å². The highest BCUT2D eigenvalue weighted by molar-refractivity contribution is 5.81. The standard InChI is InChI=1S/C12H26N2O/c1-9(2)7-6-8-13-11(5)12(15)14-10(3)4/h9-11,13H,6-8H2,1-5H3,(H,14,15). The molecule has 0 spiro atoms. The third-order valence-electron chi connectivity index (χ3n) is 2.23. The third-order valence-corrected chi connectivity index (χ3v) is 2.23. The highest BCUT2D eigenvalue weighted by Gasteiger charge is 2.11. The van der Waals surface area contributed by atoms with Crippen molar-refractivity contribution in [2.24, 2.45) is 5.92 Å². The molecule has 0 rings (SSSR count). The topological polar surface area (TPSA) is 41.1 Å². The first kappa shape index (κ1) is 14.4. The minimum absolute atomic E-state index is 0.0837. The van der Waals surface area contributed by atoms with Gasteiger partial charge in [0.1, 0.15) is 0 Å². The van der Waals surface area contributed by atoms with Crippen molar-refractivity contribution in [1.29, 1.82) is 0 Å². The van der Waals surface area contributed by atoms with Crippen molar-refractivity contribution < 1.29 is 4.79 Å². The van der Waals surface area contributed by atoms with Crippen LogP contribution in [0.4, 0.5) is 0 Å². The number of amides is 1. The Kier molecular flexibility index (Phi) is 7.39. The zero-order valence-corrected chi connectivity index (χ0v) is 10.8. The van der Waals surface area contributed by atoms with Crippen LogP contribution in [0.25, 0.3) is 0 Å². The summed E-state index contributed by atoms with van der Waals surface area (Å²) in [7, 11) is 0. The monoisotopic (exact) mass is 214 g/mol. The molecule has 0 fully saturated rings. The van der Waals surface area contributed by atoms with Crippen molar-refractivity contribution in [2.75, 3.05) is 6.54 Å². The van der Waals surface area contributed by atoms with Gasteiger partial charge in [-0.25, -0.2) is 0 Å². The number of hydrogen-bond donors (Lipinski definition) is 2. The third kappa shape index (κ3) is 8.43. The number of rotatable bonds is 7. The molecule has 0 saturated carbocycles. The molecular weight excluding hydrogens is 188 g/mol. The SMILES string of the molecule is CC(C)CCCNC(C)C(=O)NC(C)C. The Bertz CT molecular complexity index is 178. The molecule has 90 valence electrons. The van der Waals surface area contributed by atoms with Gasteiger partial charge in [0.2, 0.25) is 5.91 Å². The molecule has 0 bridgehead atoms. The van der Waals surface area contributed by atoms with E-state index < -0.39 is 0 Å². The van der Waals surface area contributed by atoms with Crippen LogP contribution >= 0.6 is 0 Å². The minimum atomic E-state index is -0.0837. The predicted molar refractivity (Wildman–Crippen MR) is 64.8 cm³/mol. The average molecular weight is 214 g/mol. The highest BCUT2D eigenvalue weighted by atomic mass is 16.2. The van der Waals surface area contributed by atoms with Gasteiger partial charge in [0.25, 0.3) is 0 Å². The van der Waals surface area contributed by atoms with Gasteiger partial charge >= 0.3 is 0 Å². The van der Waals surface area contributed by atoms with E-state index in [1.165, 1.54) is 6.42 Å². The lowest BCUT2D eigenvalue weighted by Gasteiger charge is -2.16. The molecule has 2 N–H and O–H groups in total. The molecule has 1 amide bonds. The largest absolute Gasteiger partial charge is 0.353 e. The first-order chi connectivity index (χ1) is 6.93. The Labute approximate surface area is 94.0 Å². The lowest BCUT2D eigenvalue weighted by molar-refractivity contribution is -0.123. The van der Waals surface area contributed by atoms with Crippen LogP contribution in [0, 0.1) is 5.92 Å². The second kappa shape index (κ2) is 7.69. The van der Waals surface area contributed by atoms with E-state index in [9.17, 15) is 4.79 Å². The molecule has 0 aliphatic rings. The van der Waals surface area contributed by atoms with Gasteiger partial charge in [0.15, 0.2) is 0 Å². The van der Waals surface area contributed by atoms with Gasteiger partial charge in [-0.05, 0) is 46.1 Å². The summed E-state index contributed by atoms with van der Waals surface area (Å²) in [5, 5.41) is 6.12. The molecule has 0 heterocycles. The molecule has 0 saturated heterocycles. The maximum atomic E-state index is 11.5. The van der Waals surface area contributed by atoms with Gasteiger partial charge in [-0.2, -0.15) is 0 Å². The Balaban J connectivity index is 3.55. The molecule has 0 aliphatic carbocycles. The summed E-state index contributed by atoms with van der Waals surface area (Å²) in [5.41, 5.74) is 0. The molecule has 3 heteroatoms. The lowest BCUT2D eigenvalue weighted by atomic mass is 10.1. The van der Waals surface area contributed by atoms with Gasteiger partial charge in [0.05, 0.1) is 6.04 Å². The fourth-order valence-electron chi connectivity index (χ4n) is 1.33. The van der Waals surface area contributed by atoms with Crippen molar-refractivity contribution in [3.63, 3.8) is 0 Å². The van der Waals surface area contributed by atoms with Gasteiger partial charge in [-0.3, -0.25) is 4.79 Å². The Morgan fingerprint density at radius 3 is 2.20 bits per heavy atom. The van der Waals surface area contributed by atoms with Crippen LogP contribution in [-0.2, 0) is 4.79 Å². The van der Waals surface area contributed by atoms with E-state index in [1.807, 2.05) is 20.8 Å². The zero-order chi connectivity index (χ0) is 11.8. The Morgan fingerprint density at radius 2 is 1.73 bits per heavy atom. The molecule has 1 atom stereocenters. The first-order valence-corrected chi connectivity index (χ1v) is 5.97. The van der Waals surface area contributed by atoms with Gasteiger partial charge in [-0.1, -0.05) is 13.8 Å². The number of hydrogen-bond acceptors (Lipinski definition) is 2. The van der Waals surface area contributed by atoms with Crippen LogP contribution in [0.3, 0.4) is 0 Å². The van der Waals surface area contributed by atoms with Crippen molar-refractivity contribution in [3.8, 4) is 0 Å². The van der Waals surface area contributed by atoms with Gasteiger partial charge in [-0.15, -0.1) is 0 Å². The quantitative estimate of drug-likeness (QED) is 0.636. The Morgan fingerprint density at radius 1 is 1.13 bits per heavy atom. The van der Waals surface area contributed by atoms with E-state index >= 15 is 0 Å². The fourth-order valence-corrected chi connectivity index (χ4v) is 1.33. The molecule has 0 radical (unpaired) electrons. The second-order valence-electron chi connectivity index (χ2n) is 4.88. The summed E-state index contributed by atoms with van der Waals surface area (Å²) in [6.07, 6.45) is 2.35. The van der Waals surface area contributed by atoms with Gasteiger partial charge in [0, 0.05) is 6.04 Å². The maximum absolute atomic E-state index is 11.5. The van der Waals surface area contributed by atoms with E-state index in [0.29, 0.717) is 0 Å². The smallest absolute Gasteiger partial charge is 0.237 e. The van der Waals surface area contributed by atoms with E-state index in [2.05, 4.69) is 24.5 Å². The van der Waals surface area contributed by atoms with Crippen molar-refractivity contribution in [3.05, 3.63) is 0 Å². The normalized spacial score (nSPS) is 13.3. The molecule has 1 unspecified atom stereocenters. The Hall–Kier alpha value is -0.570. The molecule has 15 heavy (non-hydrogen) atoms. The summed E-state index contributed by atoms with van der Waals surface area (Å²) in [5.74, 6) is 0.834. The zero-order valence-electron chi connectivity index (χ0n) is 10.8. The summed E-state index contributed by atoms with van der Waals surface area (Å²) in [6, 6.07) is 0.136. The summed E-state index contributed by atoms with van der Waals surface area (Å²) < 4.78 is 0. The minimum Gasteiger partial charge on any atom is -0.353 e. The molecule has 0 aromatic rings. The maximum Gasteiger partial charge on any atom is 0.237 e. The summed E-state index contributed by atoms with van der Waals surface area (Å²) in [6.45, 7) is 11.2. The predicted octanol–water partition coefficient (Wildman–Crippen LogP) is 1.93. The van der Waals surface area contributed by atoms with Crippen LogP contribution in [0.1, 0.15) is 47.5 Å². The van der Waals surface area contributed by atoms with E-state index in [0.717, 1.165) is 18.9 Å². The molecule has 0 aliphatic heterocycles. The van der Waals surface area contributed by atoms with Crippen molar-refractivity contribution in [1.82, 2.24) is 10.6 Å². The van der Waals surface area contributed by atoms with Crippen LogP contribution in [0.2, 0.25) is 0 Å². The molecule has 0 aromatic heterocycles. The van der Waals surface area contributed by atoms with Crippen LogP contribution < -0.4 is 10.6 Å². The lowest BCUT2D eigenvalue weighted by Crippen LogP contribution is -2.44. The number of carbonyl (C=O) groups is 1. The second-order valence-corrected chi connectivity index (χ2v) is 4.88. The van der Waals surface area contributed by atoms with Crippen molar-refractivity contribution in [2.45, 2.75) is 59.5 Å². The van der Waals surface area contributed by atoms with E-state index in [1.54, 1.807) is 0 Å². The molecule has 3 nitrogen and oxygen atoms in total. The highest BCUT2D eigenvalue weighted by Crippen LogP contribution is 2.01. The number of carbonyl (C=O) groups excluding carboxylic acids is 1. The number of nitrogens with one attached hydrogen (secondary N) is 2. The van der Waals surface area contributed by atoms with Gasteiger partial charge < -0.3 is 10.6 Å².